The van der Waals surface area contributed by atoms with Gasteiger partial charge in [0.2, 0.25) is 11.8 Å². The summed E-state index contributed by atoms with van der Waals surface area (Å²) in [5.41, 5.74) is 8.21. The predicted molar refractivity (Wildman–Crippen MR) is 118 cm³/mol. The number of anilines is 1. The first-order valence-corrected chi connectivity index (χ1v) is 10.3. The van der Waals surface area contributed by atoms with Crippen molar-refractivity contribution < 1.29 is 9.59 Å². The number of carbonyl (C=O) groups is 2. The Balaban J connectivity index is 0.00000392. The van der Waals surface area contributed by atoms with Gasteiger partial charge in [-0.15, -0.1) is 12.4 Å². The molecule has 5 nitrogen and oxygen atoms in total. The Morgan fingerprint density at radius 2 is 1.71 bits per heavy atom. The van der Waals surface area contributed by atoms with Crippen LogP contribution in [0.2, 0.25) is 0 Å². The molecule has 1 aliphatic rings. The average molecular weight is 410 g/mol. The quantitative estimate of drug-likeness (QED) is 0.505. The van der Waals surface area contributed by atoms with Crippen molar-refractivity contribution in [1.29, 1.82) is 0 Å². The van der Waals surface area contributed by atoms with Gasteiger partial charge < -0.3 is 16.4 Å². The Hall–Kier alpha value is -1.59. The third-order valence-electron chi connectivity index (χ3n) is 5.79. The van der Waals surface area contributed by atoms with Gasteiger partial charge in [0.15, 0.2) is 0 Å². The largest absolute Gasteiger partial charge is 0.355 e. The number of amides is 2. The fourth-order valence-electron chi connectivity index (χ4n) is 3.76. The lowest BCUT2D eigenvalue weighted by molar-refractivity contribution is -0.126. The van der Waals surface area contributed by atoms with Gasteiger partial charge in [-0.2, -0.15) is 0 Å². The number of carbonyl (C=O) groups excluding carboxylic acids is 2. The van der Waals surface area contributed by atoms with Gasteiger partial charge in [-0.25, -0.2) is 0 Å². The first-order valence-electron chi connectivity index (χ1n) is 10.3. The minimum Gasteiger partial charge on any atom is -0.355 e. The van der Waals surface area contributed by atoms with Crippen LogP contribution in [0.1, 0.15) is 68.9 Å². The fraction of sp³-hybridized carbons (Fsp3) is 0.636. The molecule has 0 radical (unpaired) electrons. The summed E-state index contributed by atoms with van der Waals surface area (Å²) in [7, 11) is 0. The zero-order valence-corrected chi connectivity index (χ0v) is 18.1. The van der Waals surface area contributed by atoms with Crippen LogP contribution in [0.15, 0.2) is 18.2 Å². The zero-order chi connectivity index (χ0) is 19.7. The summed E-state index contributed by atoms with van der Waals surface area (Å²) in [6.45, 7) is 5.25. The lowest BCUT2D eigenvalue weighted by atomic mass is 9.84. The van der Waals surface area contributed by atoms with Crippen molar-refractivity contribution in [2.75, 3.05) is 18.4 Å². The predicted octanol–water partition coefficient (Wildman–Crippen LogP) is 4.25. The van der Waals surface area contributed by atoms with Gasteiger partial charge in [-0.1, -0.05) is 31.7 Å². The third-order valence-corrected chi connectivity index (χ3v) is 5.79. The highest BCUT2D eigenvalue weighted by Gasteiger charge is 2.41. The number of aryl methyl sites for hydroxylation is 2. The molecular weight excluding hydrogens is 374 g/mol. The van der Waals surface area contributed by atoms with Crippen LogP contribution >= 0.6 is 12.4 Å². The van der Waals surface area contributed by atoms with Gasteiger partial charge in [0, 0.05) is 18.7 Å². The SMILES string of the molecule is Cc1ccc(NC(=O)C2(CNC(=O)CCCCCCN)CCCC2)cc1C.Cl. The van der Waals surface area contributed by atoms with Gasteiger partial charge >= 0.3 is 0 Å². The Kier molecular flexibility index (Phi) is 10.5. The van der Waals surface area contributed by atoms with Crippen LogP contribution in [0, 0.1) is 19.3 Å². The van der Waals surface area contributed by atoms with Crippen molar-refractivity contribution >= 4 is 29.9 Å². The van der Waals surface area contributed by atoms with Gasteiger partial charge in [0.1, 0.15) is 0 Å². The van der Waals surface area contributed by atoms with E-state index in [4.69, 9.17) is 5.73 Å². The first kappa shape index (κ1) is 24.4. The van der Waals surface area contributed by atoms with E-state index in [9.17, 15) is 9.59 Å². The average Bonchev–Trinajstić information content (AvgIpc) is 3.13. The van der Waals surface area contributed by atoms with Crippen LogP contribution in [0.5, 0.6) is 0 Å². The van der Waals surface area contributed by atoms with E-state index in [1.165, 1.54) is 5.56 Å². The number of hydrogen-bond acceptors (Lipinski definition) is 3. The fourth-order valence-corrected chi connectivity index (χ4v) is 3.76. The summed E-state index contributed by atoms with van der Waals surface area (Å²) in [4.78, 5) is 25.2. The molecule has 0 bridgehead atoms. The van der Waals surface area contributed by atoms with E-state index >= 15 is 0 Å². The standard InChI is InChI=1S/C22H35N3O2.ClH/c1-17-10-11-19(15-18(17)2)25-21(27)22(12-6-7-13-22)16-24-20(26)9-5-3-4-8-14-23;/h10-11,15H,3-9,12-14,16,23H2,1-2H3,(H,24,26)(H,25,27);1H. The molecule has 0 aromatic heterocycles. The Labute approximate surface area is 175 Å². The van der Waals surface area contributed by atoms with Gasteiger partial charge in [-0.3, -0.25) is 9.59 Å². The highest BCUT2D eigenvalue weighted by atomic mass is 35.5. The van der Waals surface area contributed by atoms with Crippen LogP contribution in [0.4, 0.5) is 5.69 Å². The molecule has 2 rings (SSSR count). The zero-order valence-electron chi connectivity index (χ0n) is 17.3. The van der Waals surface area contributed by atoms with Crippen LogP contribution in [-0.2, 0) is 9.59 Å². The number of benzene rings is 1. The van der Waals surface area contributed by atoms with Gasteiger partial charge in [0.25, 0.3) is 0 Å². The van der Waals surface area contributed by atoms with E-state index in [-0.39, 0.29) is 24.2 Å². The topological polar surface area (TPSA) is 84.2 Å². The molecule has 1 saturated carbocycles. The molecule has 0 heterocycles. The first-order chi connectivity index (χ1) is 13.0. The number of halogens is 1. The second-order valence-corrected chi connectivity index (χ2v) is 7.97. The smallest absolute Gasteiger partial charge is 0.232 e. The van der Waals surface area contributed by atoms with E-state index < -0.39 is 5.41 Å². The van der Waals surface area contributed by atoms with E-state index in [1.807, 2.05) is 25.1 Å². The van der Waals surface area contributed by atoms with E-state index in [1.54, 1.807) is 0 Å². The van der Waals surface area contributed by atoms with Crippen molar-refractivity contribution in [1.82, 2.24) is 5.32 Å². The van der Waals surface area contributed by atoms with Crippen molar-refractivity contribution in [3.8, 4) is 0 Å². The Bertz CT molecular complexity index is 643. The minimum absolute atomic E-state index is 0. The van der Waals surface area contributed by atoms with Crippen molar-refractivity contribution in [2.24, 2.45) is 11.1 Å². The lowest BCUT2D eigenvalue weighted by Crippen LogP contribution is -2.44. The second-order valence-electron chi connectivity index (χ2n) is 7.97. The molecule has 28 heavy (non-hydrogen) atoms. The van der Waals surface area contributed by atoms with Gasteiger partial charge in [0.05, 0.1) is 5.41 Å². The number of hydrogen-bond donors (Lipinski definition) is 3. The van der Waals surface area contributed by atoms with E-state index in [0.29, 0.717) is 19.5 Å². The molecule has 1 aliphatic carbocycles. The molecule has 6 heteroatoms. The summed E-state index contributed by atoms with van der Waals surface area (Å²) in [6.07, 6.45) is 8.27. The van der Waals surface area contributed by atoms with Crippen molar-refractivity contribution in [3.05, 3.63) is 29.3 Å². The monoisotopic (exact) mass is 409 g/mol. The molecule has 1 aromatic rings. The van der Waals surface area contributed by atoms with Crippen LogP contribution in [0.25, 0.3) is 0 Å². The van der Waals surface area contributed by atoms with Crippen molar-refractivity contribution in [3.63, 3.8) is 0 Å². The molecule has 0 aliphatic heterocycles. The summed E-state index contributed by atoms with van der Waals surface area (Å²) < 4.78 is 0. The molecule has 2 amide bonds. The van der Waals surface area contributed by atoms with Crippen LogP contribution in [-0.4, -0.2) is 24.9 Å². The second kappa shape index (κ2) is 12.1. The normalized spacial score (nSPS) is 15.0. The maximum Gasteiger partial charge on any atom is 0.232 e. The highest BCUT2D eigenvalue weighted by Crippen LogP contribution is 2.38. The van der Waals surface area contributed by atoms with Crippen molar-refractivity contribution in [2.45, 2.75) is 71.6 Å². The van der Waals surface area contributed by atoms with Crippen LogP contribution in [0.3, 0.4) is 0 Å². The summed E-state index contributed by atoms with van der Waals surface area (Å²) >= 11 is 0. The number of nitrogens with two attached hydrogens (primary N) is 1. The maximum atomic E-state index is 13.0. The van der Waals surface area contributed by atoms with Crippen LogP contribution < -0.4 is 16.4 Å². The lowest BCUT2D eigenvalue weighted by Gasteiger charge is -2.28. The Morgan fingerprint density at radius 3 is 2.36 bits per heavy atom. The molecule has 4 N–H and O–H groups in total. The maximum absolute atomic E-state index is 13.0. The molecular formula is C22H36ClN3O2. The number of nitrogens with one attached hydrogen (secondary N) is 2. The summed E-state index contributed by atoms with van der Waals surface area (Å²) in [5.74, 6) is 0.0829. The molecule has 0 atom stereocenters. The number of rotatable bonds is 10. The molecule has 1 aromatic carbocycles. The van der Waals surface area contributed by atoms with E-state index in [2.05, 4.69) is 17.6 Å². The molecule has 158 valence electrons. The third kappa shape index (κ3) is 7.10. The Morgan fingerprint density at radius 1 is 1.04 bits per heavy atom. The number of unbranched alkanes of at least 4 members (excludes halogenated alkanes) is 3. The highest BCUT2D eigenvalue weighted by molar-refractivity contribution is 5.96. The molecule has 0 spiro atoms. The summed E-state index contributed by atoms with van der Waals surface area (Å²) in [6, 6.07) is 5.98. The molecule has 0 saturated heterocycles. The minimum atomic E-state index is -0.478. The molecule has 1 fully saturated rings. The molecule has 0 unspecified atom stereocenters. The van der Waals surface area contributed by atoms with E-state index in [0.717, 1.165) is 62.6 Å². The van der Waals surface area contributed by atoms with Gasteiger partial charge in [-0.05, 0) is 69.3 Å². The summed E-state index contributed by atoms with van der Waals surface area (Å²) in [5, 5.41) is 6.10.